The molecule has 3 N–H and O–H groups in total. The molecule has 7 nitrogen and oxygen atoms in total. The van der Waals surface area contributed by atoms with Gasteiger partial charge >= 0.3 is 51.4 Å². The number of hydrogen-bond donors (Lipinski definition) is 3. The van der Waals surface area contributed by atoms with Crippen molar-refractivity contribution in [1.29, 1.82) is 4.78 Å². The fourth-order valence-electron chi connectivity index (χ4n) is 3.23. The Hall–Kier alpha value is 1.06. The Labute approximate surface area is 201 Å². The van der Waals surface area contributed by atoms with E-state index >= 15 is 0 Å². The van der Waals surface area contributed by atoms with E-state index in [2.05, 4.69) is 10.0 Å². The van der Waals surface area contributed by atoms with Gasteiger partial charge in [-0.1, -0.05) is 37.3 Å². The van der Waals surface area contributed by atoms with Gasteiger partial charge in [0.2, 0.25) is 10.0 Å². The molecule has 2 aliphatic rings. The first-order chi connectivity index (χ1) is 10.7. The Morgan fingerprint density at radius 2 is 1.92 bits per heavy atom. The molecule has 12 heteroatoms. The number of nitrogens with one attached hydrogen (secondary N) is 3. The Bertz CT molecular complexity index is 843. The van der Waals surface area contributed by atoms with Gasteiger partial charge in [0.25, 0.3) is 0 Å². The molecule has 25 heavy (non-hydrogen) atoms. The fourth-order valence-corrected chi connectivity index (χ4v) is 5.70. The van der Waals surface area contributed by atoms with Crippen molar-refractivity contribution in [1.82, 2.24) is 4.72 Å². The summed E-state index contributed by atoms with van der Waals surface area (Å²) in [7, 11) is -8.20. The molecule has 1 aromatic rings. The third-order valence-electron chi connectivity index (χ3n) is 4.28. The van der Waals surface area contributed by atoms with E-state index in [0.29, 0.717) is 12.3 Å². The number of sulfonamides is 1. The van der Waals surface area contributed by atoms with E-state index in [9.17, 15) is 17.2 Å². The van der Waals surface area contributed by atoms with Gasteiger partial charge in [-0.05, 0) is 24.5 Å². The van der Waals surface area contributed by atoms with Crippen LogP contribution in [0.2, 0.25) is 5.02 Å². The minimum absolute atomic E-state index is 0. The summed E-state index contributed by atoms with van der Waals surface area (Å²) >= 11 is 5.90. The minimum atomic E-state index is -4.35. The van der Waals surface area contributed by atoms with Crippen LogP contribution < -0.4 is 61.4 Å². The average molecular weight is 454 g/mol. The maximum absolute atomic E-state index is 12.4. The number of anilines is 1. The number of halogens is 2. The molecule has 0 aromatic heterocycles. The SMILES string of the molecule is Cl.N=S(=O)([O-])c1cc2c(cc1Cl)NC(CC1CCCC1)NS2(=O)=O.[K+]. The van der Waals surface area contributed by atoms with E-state index in [0.717, 1.165) is 31.7 Å². The van der Waals surface area contributed by atoms with Crippen molar-refractivity contribution in [3.63, 3.8) is 0 Å². The Balaban J connectivity index is 0.00000156. The van der Waals surface area contributed by atoms with E-state index in [1.807, 2.05) is 0 Å². The van der Waals surface area contributed by atoms with Crippen molar-refractivity contribution < 1.29 is 68.6 Å². The van der Waals surface area contributed by atoms with Crippen LogP contribution in [-0.2, 0) is 20.0 Å². The second kappa shape index (κ2) is 9.04. The standard InChI is InChI=1S/C13H18ClN3O4S2.ClH.K/c14-9-6-10-12(7-11(9)22(15,18)19)23(20,21)17-13(16-10)5-8-3-1-2-4-8;;/h6-8,13,16-17H,1-5H2,(H2,15,18,19);1H;/q;;+1/p-1. The molecule has 0 bridgehead atoms. The normalized spacial score (nSPS) is 24.2. The smallest absolute Gasteiger partial charge is 0.760 e. The van der Waals surface area contributed by atoms with E-state index in [1.165, 1.54) is 6.07 Å². The van der Waals surface area contributed by atoms with Gasteiger partial charge in [0, 0.05) is 10.0 Å². The van der Waals surface area contributed by atoms with Crippen LogP contribution in [0.25, 0.3) is 0 Å². The Kier molecular flexibility index (Phi) is 8.71. The number of benzene rings is 1. The van der Waals surface area contributed by atoms with Crippen molar-refractivity contribution in [2.45, 2.75) is 48.1 Å². The zero-order chi connectivity index (χ0) is 16.8. The second-order valence-corrected chi connectivity index (χ2v) is 9.52. The monoisotopic (exact) mass is 453 g/mol. The van der Waals surface area contributed by atoms with Gasteiger partial charge in [-0.3, -0.25) is 8.99 Å². The molecule has 1 aliphatic heterocycles. The Morgan fingerprint density at radius 3 is 2.48 bits per heavy atom. The average Bonchev–Trinajstić information content (AvgIpc) is 2.88. The summed E-state index contributed by atoms with van der Waals surface area (Å²) in [6.45, 7) is 0. The third kappa shape index (κ3) is 5.53. The quantitative estimate of drug-likeness (QED) is 0.551. The van der Waals surface area contributed by atoms with Crippen molar-refractivity contribution in [2.75, 3.05) is 5.32 Å². The maximum Gasteiger partial charge on any atom is 1.00 e. The van der Waals surface area contributed by atoms with E-state index in [-0.39, 0.29) is 79.4 Å². The van der Waals surface area contributed by atoms with Crippen molar-refractivity contribution in [3.8, 4) is 0 Å². The zero-order valence-corrected chi connectivity index (χ0v) is 19.9. The van der Waals surface area contributed by atoms with Gasteiger partial charge in [-0.25, -0.2) is 8.42 Å². The fraction of sp³-hybridized carbons (Fsp3) is 0.538. The molecule has 1 heterocycles. The van der Waals surface area contributed by atoms with Gasteiger partial charge in [-0.2, -0.15) is 4.72 Å². The van der Waals surface area contributed by atoms with Crippen LogP contribution in [0.5, 0.6) is 0 Å². The van der Waals surface area contributed by atoms with Crippen LogP contribution in [0.1, 0.15) is 32.1 Å². The molecule has 1 fully saturated rings. The number of fused-ring (bicyclic) bond motifs is 1. The maximum atomic E-state index is 12.4. The van der Waals surface area contributed by atoms with Crippen molar-refractivity contribution in [2.24, 2.45) is 5.92 Å². The van der Waals surface area contributed by atoms with Crippen molar-refractivity contribution >= 4 is 49.7 Å². The molecule has 1 saturated carbocycles. The third-order valence-corrected chi connectivity index (χ3v) is 7.14. The second-order valence-electron chi connectivity index (χ2n) is 5.99. The topological polar surface area (TPSA) is 122 Å². The molecule has 1 aliphatic carbocycles. The van der Waals surface area contributed by atoms with Crippen LogP contribution in [0.4, 0.5) is 5.69 Å². The van der Waals surface area contributed by atoms with Gasteiger partial charge in [0.1, 0.15) is 4.90 Å². The van der Waals surface area contributed by atoms with Gasteiger partial charge < -0.3 is 9.87 Å². The van der Waals surface area contributed by atoms with E-state index in [4.69, 9.17) is 16.4 Å². The largest absolute Gasteiger partial charge is 1.00 e. The summed E-state index contributed by atoms with van der Waals surface area (Å²) in [5.74, 6) is 0.472. The molecular weight excluding hydrogens is 436 g/mol. The number of hydrogen-bond acceptors (Lipinski definition) is 6. The summed E-state index contributed by atoms with van der Waals surface area (Å²) in [4.78, 5) is -0.713. The molecule has 0 radical (unpaired) electrons. The molecule has 1 aromatic carbocycles. The summed E-state index contributed by atoms with van der Waals surface area (Å²) < 4.78 is 57.2. The molecule has 0 spiro atoms. The molecule has 2 atom stereocenters. The summed E-state index contributed by atoms with van der Waals surface area (Å²) in [6.07, 6.45) is 4.74. The van der Waals surface area contributed by atoms with E-state index < -0.39 is 31.1 Å². The van der Waals surface area contributed by atoms with Gasteiger partial charge in [0.15, 0.2) is 0 Å². The predicted molar refractivity (Wildman–Crippen MR) is 92.9 cm³/mol. The first kappa shape index (κ1) is 24.1. The van der Waals surface area contributed by atoms with Crippen LogP contribution in [0, 0.1) is 10.7 Å². The molecule has 3 rings (SSSR count). The first-order valence-corrected chi connectivity index (χ1v) is 10.6. The predicted octanol–water partition coefficient (Wildman–Crippen LogP) is -0.0879. The van der Waals surface area contributed by atoms with Crippen LogP contribution >= 0.6 is 24.0 Å². The number of rotatable bonds is 3. The van der Waals surface area contributed by atoms with Gasteiger partial charge in [0.05, 0.1) is 21.8 Å². The molecule has 136 valence electrons. The van der Waals surface area contributed by atoms with Crippen LogP contribution in [0.3, 0.4) is 0 Å². The molecule has 0 amide bonds. The minimum Gasteiger partial charge on any atom is -0.760 e. The van der Waals surface area contributed by atoms with Crippen molar-refractivity contribution in [3.05, 3.63) is 17.2 Å². The summed E-state index contributed by atoms with van der Waals surface area (Å²) in [5, 5.41) is 2.90. The molecule has 0 saturated heterocycles. The van der Waals surface area contributed by atoms with Gasteiger partial charge in [-0.15, -0.1) is 12.4 Å². The molecular formula is C13H18Cl2KN3O4S2. The van der Waals surface area contributed by atoms with E-state index in [1.54, 1.807) is 0 Å². The van der Waals surface area contributed by atoms with Crippen LogP contribution in [-0.4, -0.2) is 23.3 Å². The Morgan fingerprint density at radius 1 is 1.32 bits per heavy atom. The molecule has 2 unspecified atom stereocenters. The zero-order valence-electron chi connectivity index (χ0n) is 13.6. The summed E-state index contributed by atoms with van der Waals surface area (Å²) in [5.41, 5.74) is 0.268. The summed E-state index contributed by atoms with van der Waals surface area (Å²) in [6, 6.07) is 2.19. The first-order valence-electron chi connectivity index (χ1n) is 7.29. The van der Waals surface area contributed by atoms with Crippen LogP contribution in [0.15, 0.2) is 21.9 Å².